The molecule has 3 aromatic rings. The molecule has 2 aromatic heterocycles. The molecule has 2 N–H and O–H groups in total. The first-order valence-corrected chi connectivity index (χ1v) is 12.8. The molecule has 3 rings (SSSR count). The number of carbonyl (C=O) groups is 2. The number of amides is 3. The van der Waals surface area contributed by atoms with E-state index in [-0.39, 0.29) is 17.2 Å². The van der Waals surface area contributed by atoms with Gasteiger partial charge >= 0.3 is 6.03 Å². The number of carbonyl (C=O) groups excluding carboxylic acids is 2. The molecule has 0 unspecified atom stereocenters. The van der Waals surface area contributed by atoms with Crippen LogP contribution in [-0.2, 0) is 17.8 Å². The number of hydrogen-bond acceptors (Lipinski definition) is 6. The van der Waals surface area contributed by atoms with Crippen LogP contribution in [0.25, 0.3) is 10.2 Å². The highest BCUT2D eigenvalue weighted by Crippen LogP contribution is 2.29. The largest absolute Gasteiger partial charge is 0.338 e. The Hall–Kier alpha value is -2.65. The lowest BCUT2D eigenvalue weighted by atomic mass is 10.1. The fourth-order valence-electron chi connectivity index (χ4n) is 3.34. The van der Waals surface area contributed by atoms with Crippen molar-refractivity contribution in [1.29, 1.82) is 0 Å². The number of imide groups is 1. The van der Waals surface area contributed by atoms with Gasteiger partial charge in [-0.3, -0.25) is 19.5 Å². The molecule has 176 valence electrons. The topological polar surface area (TPSA) is 93.1 Å². The first kappa shape index (κ1) is 25.0. The van der Waals surface area contributed by atoms with Crippen molar-refractivity contribution in [3.63, 3.8) is 0 Å². The molecule has 0 aliphatic heterocycles. The lowest BCUT2D eigenvalue weighted by Crippen LogP contribution is -2.41. The normalized spacial score (nSPS) is 11.2. The number of thioether (sulfide) groups is 1. The molecule has 0 saturated heterocycles. The quantitative estimate of drug-likeness (QED) is 0.367. The molecule has 0 spiro atoms. The summed E-state index contributed by atoms with van der Waals surface area (Å²) in [6.45, 7) is 10.8. The van der Waals surface area contributed by atoms with Crippen LogP contribution in [0, 0.1) is 19.8 Å². The van der Waals surface area contributed by atoms with E-state index in [9.17, 15) is 14.4 Å². The van der Waals surface area contributed by atoms with Gasteiger partial charge in [-0.25, -0.2) is 9.78 Å². The molecule has 0 atom stereocenters. The standard InChI is InChI=1S/C24H30N4O3S2/c1-6-18-16(5)20-21(33-18)27-24(32-13-19(29)26-23(31)25-11-14(2)3)28(22(20)30)12-17-9-7-15(4)8-10-17/h7-10,14H,6,11-13H2,1-5H3,(H2,25,26,29,31). The Morgan fingerprint density at radius 1 is 1.18 bits per heavy atom. The molecule has 0 fully saturated rings. The fraction of sp³-hybridized carbons (Fsp3) is 0.417. The second-order valence-corrected chi connectivity index (χ2v) is 10.4. The zero-order valence-corrected chi connectivity index (χ0v) is 21.3. The number of thiophene rings is 1. The number of aromatic nitrogens is 2. The summed E-state index contributed by atoms with van der Waals surface area (Å²) in [6, 6.07) is 7.48. The van der Waals surface area contributed by atoms with E-state index in [2.05, 4.69) is 17.6 Å². The zero-order chi connectivity index (χ0) is 24.1. The first-order valence-electron chi connectivity index (χ1n) is 11.0. The minimum atomic E-state index is -0.517. The van der Waals surface area contributed by atoms with E-state index in [1.807, 2.05) is 52.0 Å². The van der Waals surface area contributed by atoms with Crippen molar-refractivity contribution in [2.75, 3.05) is 12.3 Å². The molecule has 33 heavy (non-hydrogen) atoms. The van der Waals surface area contributed by atoms with E-state index in [1.54, 1.807) is 4.57 Å². The third kappa shape index (κ3) is 6.23. The molecule has 0 aliphatic rings. The monoisotopic (exact) mass is 486 g/mol. The zero-order valence-electron chi connectivity index (χ0n) is 19.7. The number of nitrogens with zero attached hydrogens (tertiary/aromatic N) is 2. The maximum absolute atomic E-state index is 13.5. The number of benzene rings is 1. The lowest BCUT2D eigenvalue weighted by molar-refractivity contribution is -0.117. The minimum absolute atomic E-state index is 0.0219. The van der Waals surface area contributed by atoms with Crippen molar-refractivity contribution in [3.8, 4) is 0 Å². The highest BCUT2D eigenvalue weighted by Gasteiger charge is 2.19. The molecule has 2 heterocycles. The first-order chi connectivity index (χ1) is 15.7. The van der Waals surface area contributed by atoms with Crippen LogP contribution in [0.3, 0.4) is 0 Å². The number of urea groups is 1. The minimum Gasteiger partial charge on any atom is -0.338 e. The second-order valence-electron chi connectivity index (χ2n) is 8.40. The van der Waals surface area contributed by atoms with E-state index in [1.165, 1.54) is 11.3 Å². The van der Waals surface area contributed by atoms with Crippen molar-refractivity contribution in [1.82, 2.24) is 20.2 Å². The van der Waals surface area contributed by atoms with Gasteiger partial charge in [-0.1, -0.05) is 62.4 Å². The van der Waals surface area contributed by atoms with Gasteiger partial charge in [0, 0.05) is 11.4 Å². The Morgan fingerprint density at radius 3 is 2.52 bits per heavy atom. The molecule has 1 aromatic carbocycles. The van der Waals surface area contributed by atoms with Crippen LogP contribution in [0.15, 0.2) is 34.2 Å². The van der Waals surface area contributed by atoms with Gasteiger partial charge < -0.3 is 5.32 Å². The summed E-state index contributed by atoms with van der Waals surface area (Å²) >= 11 is 2.68. The van der Waals surface area contributed by atoms with Crippen LogP contribution in [0.5, 0.6) is 0 Å². The third-order valence-corrected chi connectivity index (χ3v) is 7.46. The Morgan fingerprint density at radius 2 is 1.88 bits per heavy atom. The van der Waals surface area contributed by atoms with E-state index < -0.39 is 11.9 Å². The highest BCUT2D eigenvalue weighted by atomic mass is 32.2. The summed E-state index contributed by atoms with van der Waals surface area (Å²) in [5, 5.41) is 6.10. The van der Waals surface area contributed by atoms with Crippen molar-refractivity contribution in [3.05, 3.63) is 56.2 Å². The van der Waals surface area contributed by atoms with E-state index in [0.717, 1.165) is 39.8 Å². The summed E-state index contributed by atoms with van der Waals surface area (Å²) in [6.07, 6.45) is 0.834. The summed E-state index contributed by atoms with van der Waals surface area (Å²) in [5.74, 6) is -0.171. The van der Waals surface area contributed by atoms with E-state index in [0.29, 0.717) is 28.5 Å². The Labute approximate surface area is 202 Å². The molecule has 9 heteroatoms. The summed E-state index contributed by atoms with van der Waals surface area (Å²) in [7, 11) is 0. The smallest absolute Gasteiger partial charge is 0.321 e. The third-order valence-electron chi connectivity index (χ3n) is 5.15. The van der Waals surface area contributed by atoms with Crippen LogP contribution in [0.4, 0.5) is 4.79 Å². The van der Waals surface area contributed by atoms with Gasteiger partial charge in [0.15, 0.2) is 5.16 Å². The van der Waals surface area contributed by atoms with Gasteiger partial charge in [-0.05, 0) is 37.3 Å². The van der Waals surface area contributed by atoms with Crippen LogP contribution >= 0.6 is 23.1 Å². The van der Waals surface area contributed by atoms with Crippen LogP contribution in [0.2, 0.25) is 0 Å². The van der Waals surface area contributed by atoms with Crippen LogP contribution < -0.4 is 16.2 Å². The average Bonchev–Trinajstić information content (AvgIpc) is 3.10. The van der Waals surface area contributed by atoms with E-state index >= 15 is 0 Å². The summed E-state index contributed by atoms with van der Waals surface area (Å²) in [5.41, 5.74) is 2.99. The van der Waals surface area contributed by atoms with E-state index in [4.69, 9.17) is 4.98 Å². The molecule has 0 saturated carbocycles. The van der Waals surface area contributed by atoms with Gasteiger partial charge in [0.2, 0.25) is 5.91 Å². The maximum atomic E-state index is 13.5. The highest BCUT2D eigenvalue weighted by molar-refractivity contribution is 7.99. The summed E-state index contributed by atoms with van der Waals surface area (Å²) in [4.78, 5) is 44.3. The lowest BCUT2D eigenvalue weighted by Gasteiger charge is -2.13. The predicted octanol–water partition coefficient (Wildman–Crippen LogP) is 4.26. The van der Waals surface area contributed by atoms with Crippen LogP contribution in [0.1, 0.15) is 42.3 Å². The Kier molecular flexibility index (Phi) is 8.31. The molecular weight excluding hydrogens is 456 g/mol. The number of rotatable bonds is 8. The maximum Gasteiger partial charge on any atom is 0.321 e. The van der Waals surface area contributed by atoms with Crippen molar-refractivity contribution in [2.24, 2.45) is 5.92 Å². The number of aryl methyl sites for hydroxylation is 3. The Balaban J connectivity index is 1.88. The van der Waals surface area contributed by atoms with Gasteiger partial charge in [0.05, 0.1) is 17.7 Å². The summed E-state index contributed by atoms with van der Waals surface area (Å²) < 4.78 is 1.63. The molecule has 0 aliphatic carbocycles. The average molecular weight is 487 g/mol. The second kappa shape index (κ2) is 11.0. The molecule has 0 bridgehead atoms. The molecule has 7 nitrogen and oxygen atoms in total. The fourth-order valence-corrected chi connectivity index (χ4v) is 5.30. The predicted molar refractivity (Wildman–Crippen MR) is 135 cm³/mol. The van der Waals surface area contributed by atoms with Gasteiger partial charge in [-0.15, -0.1) is 11.3 Å². The SMILES string of the molecule is CCc1sc2nc(SCC(=O)NC(=O)NCC(C)C)n(Cc3ccc(C)cc3)c(=O)c2c1C. The van der Waals surface area contributed by atoms with Gasteiger partial charge in [0.25, 0.3) is 5.56 Å². The molecule has 0 radical (unpaired) electrons. The van der Waals surface area contributed by atoms with Crippen molar-refractivity contribution < 1.29 is 9.59 Å². The van der Waals surface area contributed by atoms with Crippen molar-refractivity contribution in [2.45, 2.75) is 52.7 Å². The number of hydrogen-bond donors (Lipinski definition) is 2. The van der Waals surface area contributed by atoms with Gasteiger partial charge in [0.1, 0.15) is 4.83 Å². The van der Waals surface area contributed by atoms with Crippen LogP contribution in [-0.4, -0.2) is 33.8 Å². The van der Waals surface area contributed by atoms with Gasteiger partial charge in [-0.2, -0.15) is 0 Å². The molecular formula is C24H30N4O3S2. The molecule has 3 amide bonds. The Bertz CT molecular complexity index is 1210. The van der Waals surface area contributed by atoms with Crippen molar-refractivity contribution >= 4 is 45.3 Å². The number of nitrogens with one attached hydrogen (secondary N) is 2. The number of fused-ring (bicyclic) bond motifs is 1.